The van der Waals surface area contributed by atoms with Crippen molar-refractivity contribution in [3.63, 3.8) is 0 Å². The van der Waals surface area contributed by atoms with Crippen molar-refractivity contribution in [2.75, 3.05) is 0 Å². The molecule has 2 aromatic rings. The highest BCUT2D eigenvalue weighted by molar-refractivity contribution is 5.30. The fourth-order valence-electron chi connectivity index (χ4n) is 5.06. The first-order chi connectivity index (χ1) is 12.0. The normalized spacial score (nSPS) is 20.6. The molecule has 4 heteroatoms. The molecule has 2 aliphatic carbocycles. The smallest absolute Gasteiger partial charge is 0.0682 e. The highest BCUT2D eigenvalue weighted by Crippen LogP contribution is 2.36. The van der Waals surface area contributed by atoms with Gasteiger partial charge >= 0.3 is 0 Å². The zero-order chi connectivity index (χ0) is 17.6. The molecule has 4 rings (SSSR count). The van der Waals surface area contributed by atoms with E-state index in [1.165, 1.54) is 73.2 Å². The van der Waals surface area contributed by atoms with E-state index in [0.717, 1.165) is 6.42 Å². The Bertz CT molecular complexity index is 750. The third-order valence-electron chi connectivity index (χ3n) is 6.25. The topological polar surface area (TPSA) is 46.5 Å². The number of nitrogens with zero attached hydrogens (tertiary/aromatic N) is 3. The summed E-state index contributed by atoms with van der Waals surface area (Å²) in [6.45, 7) is 9.23. The second-order valence-corrected chi connectivity index (χ2v) is 9.08. The molecule has 136 valence electrons. The highest BCUT2D eigenvalue weighted by Gasteiger charge is 2.32. The Morgan fingerprint density at radius 2 is 2.04 bits per heavy atom. The van der Waals surface area contributed by atoms with E-state index < -0.39 is 0 Å². The summed E-state index contributed by atoms with van der Waals surface area (Å²) in [4.78, 5) is 0. The van der Waals surface area contributed by atoms with Gasteiger partial charge in [-0.3, -0.25) is 9.78 Å². The maximum atomic E-state index is 4.80. The van der Waals surface area contributed by atoms with Crippen LogP contribution >= 0.6 is 0 Å². The third kappa shape index (κ3) is 3.04. The minimum Gasteiger partial charge on any atom is -0.282 e. The number of fused-ring (bicyclic) bond motifs is 2. The highest BCUT2D eigenvalue weighted by atomic mass is 15.3. The predicted molar refractivity (Wildman–Crippen MR) is 101 cm³/mol. The first kappa shape index (κ1) is 16.9. The van der Waals surface area contributed by atoms with Crippen LogP contribution in [-0.2, 0) is 31.2 Å². The molecule has 1 atom stereocenters. The number of hydrogen-bond donors (Lipinski definition) is 1. The van der Waals surface area contributed by atoms with Crippen LogP contribution < -0.4 is 0 Å². The minimum absolute atomic E-state index is 0.0913. The molecule has 4 nitrogen and oxygen atoms in total. The van der Waals surface area contributed by atoms with E-state index in [1.54, 1.807) is 0 Å². The van der Waals surface area contributed by atoms with Crippen LogP contribution in [-0.4, -0.2) is 20.0 Å². The maximum absolute atomic E-state index is 4.80. The molecule has 0 bridgehead atoms. The van der Waals surface area contributed by atoms with E-state index in [0.29, 0.717) is 11.8 Å². The fourth-order valence-corrected chi connectivity index (χ4v) is 5.06. The van der Waals surface area contributed by atoms with Crippen LogP contribution in [0.2, 0.25) is 0 Å². The van der Waals surface area contributed by atoms with Gasteiger partial charge in [-0.1, -0.05) is 13.8 Å². The Morgan fingerprint density at radius 3 is 2.84 bits per heavy atom. The molecule has 0 radical (unpaired) electrons. The molecule has 0 spiro atoms. The number of nitrogens with one attached hydrogen (secondary N) is 1. The molecule has 0 aromatic carbocycles. The van der Waals surface area contributed by atoms with Gasteiger partial charge < -0.3 is 0 Å². The molecule has 0 fully saturated rings. The molecule has 0 aliphatic heterocycles. The number of aromatic amines is 1. The molecule has 2 aliphatic rings. The Kier molecular flexibility index (Phi) is 4.25. The molecule has 1 N–H and O–H groups in total. The van der Waals surface area contributed by atoms with Gasteiger partial charge in [-0.15, -0.1) is 0 Å². The van der Waals surface area contributed by atoms with Crippen LogP contribution in [0.15, 0.2) is 6.20 Å². The van der Waals surface area contributed by atoms with E-state index in [1.807, 2.05) is 0 Å². The number of rotatable bonds is 4. The van der Waals surface area contributed by atoms with E-state index in [-0.39, 0.29) is 5.54 Å². The molecular formula is C21H32N4. The first-order valence-electron chi connectivity index (χ1n) is 10.1. The van der Waals surface area contributed by atoms with Gasteiger partial charge in [0.15, 0.2) is 0 Å². The zero-order valence-corrected chi connectivity index (χ0v) is 16.2. The third-order valence-corrected chi connectivity index (χ3v) is 6.25. The summed E-state index contributed by atoms with van der Waals surface area (Å²) in [5.41, 5.74) is 7.25. The van der Waals surface area contributed by atoms with E-state index in [9.17, 15) is 0 Å². The van der Waals surface area contributed by atoms with Gasteiger partial charge in [-0.2, -0.15) is 10.2 Å². The van der Waals surface area contributed by atoms with Crippen LogP contribution in [0.5, 0.6) is 0 Å². The van der Waals surface area contributed by atoms with Crippen molar-refractivity contribution in [2.24, 2.45) is 5.92 Å². The summed E-state index contributed by atoms with van der Waals surface area (Å²) in [6.07, 6.45) is 12.0. The molecule has 2 heterocycles. The van der Waals surface area contributed by atoms with Gasteiger partial charge in [-0.25, -0.2) is 0 Å². The standard InChI is InChI=1S/C21H32N4/c1-14(2)20-17-10-9-15(11-18(17)23-24-20)12-21(3,4)25-19-8-6-5-7-16(19)13-22-25/h13-15H,5-12H2,1-4H3,(H,23,24). The van der Waals surface area contributed by atoms with E-state index in [2.05, 4.69) is 48.8 Å². The lowest BCUT2D eigenvalue weighted by Gasteiger charge is -2.34. The molecular weight excluding hydrogens is 308 g/mol. The van der Waals surface area contributed by atoms with Gasteiger partial charge in [0.2, 0.25) is 0 Å². The average molecular weight is 341 g/mol. The van der Waals surface area contributed by atoms with Crippen LogP contribution in [0.3, 0.4) is 0 Å². The molecule has 2 aromatic heterocycles. The van der Waals surface area contributed by atoms with Crippen molar-refractivity contribution in [3.05, 3.63) is 34.4 Å². The quantitative estimate of drug-likeness (QED) is 0.888. The average Bonchev–Trinajstić information content (AvgIpc) is 3.18. The van der Waals surface area contributed by atoms with E-state index >= 15 is 0 Å². The number of H-pyrrole nitrogens is 1. The van der Waals surface area contributed by atoms with Crippen molar-refractivity contribution < 1.29 is 0 Å². The largest absolute Gasteiger partial charge is 0.282 e. The van der Waals surface area contributed by atoms with Crippen molar-refractivity contribution in [1.29, 1.82) is 0 Å². The molecule has 0 saturated carbocycles. The van der Waals surface area contributed by atoms with Gasteiger partial charge in [0.25, 0.3) is 0 Å². The Morgan fingerprint density at radius 1 is 1.24 bits per heavy atom. The van der Waals surface area contributed by atoms with Crippen molar-refractivity contribution in [1.82, 2.24) is 20.0 Å². The Balaban J connectivity index is 1.51. The fraction of sp³-hybridized carbons (Fsp3) is 0.714. The van der Waals surface area contributed by atoms with Crippen molar-refractivity contribution in [2.45, 2.75) is 90.5 Å². The van der Waals surface area contributed by atoms with Crippen molar-refractivity contribution in [3.8, 4) is 0 Å². The molecule has 0 saturated heterocycles. The van der Waals surface area contributed by atoms with E-state index in [4.69, 9.17) is 5.10 Å². The number of hydrogen-bond acceptors (Lipinski definition) is 2. The second-order valence-electron chi connectivity index (χ2n) is 9.08. The number of aryl methyl sites for hydroxylation is 1. The lowest BCUT2D eigenvalue weighted by Crippen LogP contribution is -2.34. The van der Waals surface area contributed by atoms with Gasteiger partial charge in [0.05, 0.1) is 17.4 Å². The monoisotopic (exact) mass is 340 g/mol. The summed E-state index contributed by atoms with van der Waals surface area (Å²) in [6, 6.07) is 0. The van der Waals surface area contributed by atoms with Crippen LogP contribution in [0.4, 0.5) is 0 Å². The summed E-state index contributed by atoms with van der Waals surface area (Å²) >= 11 is 0. The summed E-state index contributed by atoms with van der Waals surface area (Å²) in [5.74, 6) is 1.23. The van der Waals surface area contributed by atoms with Gasteiger partial charge in [-0.05, 0) is 88.2 Å². The Labute approximate surface area is 151 Å². The zero-order valence-electron chi connectivity index (χ0n) is 16.2. The maximum Gasteiger partial charge on any atom is 0.0682 e. The predicted octanol–water partition coefficient (Wildman–Crippen LogP) is 4.54. The molecule has 1 unspecified atom stereocenters. The van der Waals surface area contributed by atoms with Crippen LogP contribution in [0, 0.1) is 5.92 Å². The van der Waals surface area contributed by atoms with Crippen molar-refractivity contribution >= 4 is 0 Å². The minimum atomic E-state index is 0.0913. The molecule has 0 amide bonds. The summed E-state index contributed by atoms with van der Waals surface area (Å²) in [5, 5.41) is 12.7. The van der Waals surface area contributed by atoms with Gasteiger partial charge in [0.1, 0.15) is 0 Å². The van der Waals surface area contributed by atoms with Gasteiger partial charge in [0, 0.05) is 11.4 Å². The second kappa shape index (κ2) is 6.30. The molecule has 25 heavy (non-hydrogen) atoms. The lowest BCUT2D eigenvalue weighted by atomic mass is 9.79. The SMILES string of the molecule is CC(C)c1n[nH]c2c1CCC(CC(C)(C)n1ncc3c1CCCC3)C2. The summed E-state index contributed by atoms with van der Waals surface area (Å²) in [7, 11) is 0. The van der Waals surface area contributed by atoms with Crippen LogP contribution in [0.1, 0.15) is 87.5 Å². The lowest BCUT2D eigenvalue weighted by molar-refractivity contribution is 0.222. The van der Waals surface area contributed by atoms with Crippen LogP contribution in [0.25, 0.3) is 0 Å². The first-order valence-corrected chi connectivity index (χ1v) is 10.1. The summed E-state index contributed by atoms with van der Waals surface area (Å²) < 4.78 is 2.35. The number of aromatic nitrogens is 4. The Hall–Kier alpha value is -1.58.